The zero-order chi connectivity index (χ0) is 10.8. The number of aliphatic carboxylic acids is 1. The van der Waals surface area contributed by atoms with E-state index in [1.165, 1.54) is 0 Å². The van der Waals surface area contributed by atoms with Crippen LogP contribution in [-0.2, 0) is 17.4 Å². The molecule has 0 saturated heterocycles. The zero-order valence-corrected chi connectivity index (χ0v) is 6.88. The second-order valence-electron chi connectivity index (χ2n) is 2.60. The molecule has 1 aromatic rings. The Kier molecular flexibility index (Phi) is 2.73. The van der Waals surface area contributed by atoms with Crippen molar-refractivity contribution < 1.29 is 23.1 Å². The fourth-order valence-corrected chi connectivity index (χ4v) is 0.906. The van der Waals surface area contributed by atoms with Crippen LogP contribution in [0.3, 0.4) is 0 Å². The van der Waals surface area contributed by atoms with Crippen molar-refractivity contribution in [3.8, 4) is 0 Å². The minimum absolute atomic E-state index is 0.104. The number of alkyl halides is 3. The lowest BCUT2D eigenvalue weighted by Gasteiger charge is -2.06. The van der Waals surface area contributed by atoms with Crippen molar-refractivity contribution in [3.63, 3.8) is 0 Å². The molecule has 0 atom stereocenters. The van der Waals surface area contributed by atoms with Gasteiger partial charge in [-0.25, -0.2) is 0 Å². The van der Waals surface area contributed by atoms with E-state index in [0.29, 0.717) is 0 Å². The van der Waals surface area contributed by atoms with Gasteiger partial charge in [0.15, 0.2) is 0 Å². The maximum absolute atomic E-state index is 12.1. The summed E-state index contributed by atoms with van der Waals surface area (Å²) in [7, 11) is 0. The summed E-state index contributed by atoms with van der Waals surface area (Å²) < 4.78 is 36.4. The van der Waals surface area contributed by atoms with Crippen molar-refractivity contribution >= 4 is 5.97 Å². The first-order chi connectivity index (χ1) is 6.39. The van der Waals surface area contributed by atoms with Crippen LogP contribution in [-0.4, -0.2) is 16.1 Å². The Morgan fingerprint density at radius 2 is 2.14 bits per heavy atom. The van der Waals surface area contributed by atoms with E-state index in [2.05, 4.69) is 4.98 Å². The van der Waals surface area contributed by atoms with Gasteiger partial charge in [-0.3, -0.25) is 9.78 Å². The standard InChI is InChI=1S/C8H6F3NO2/c9-8(10,11)5-1-2-12-6(3-5)4-7(13)14/h1-3H,4H2,(H,13,14). The maximum Gasteiger partial charge on any atom is 0.416 e. The van der Waals surface area contributed by atoms with Crippen molar-refractivity contribution in [3.05, 3.63) is 29.6 Å². The molecule has 0 bridgehead atoms. The lowest BCUT2D eigenvalue weighted by atomic mass is 10.2. The second kappa shape index (κ2) is 3.65. The Balaban J connectivity index is 2.95. The Hall–Kier alpha value is -1.59. The van der Waals surface area contributed by atoms with Gasteiger partial charge in [-0.2, -0.15) is 13.2 Å². The molecule has 0 aromatic carbocycles. The van der Waals surface area contributed by atoms with Crippen molar-refractivity contribution in [2.45, 2.75) is 12.6 Å². The number of aromatic nitrogens is 1. The van der Waals surface area contributed by atoms with Crippen molar-refractivity contribution in [2.24, 2.45) is 0 Å². The number of pyridine rings is 1. The molecule has 1 heterocycles. The molecule has 6 heteroatoms. The van der Waals surface area contributed by atoms with Crippen LogP contribution in [0.15, 0.2) is 18.3 Å². The summed E-state index contributed by atoms with van der Waals surface area (Å²) in [6.45, 7) is 0. The molecule has 0 aliphatic rings. The number of hydrogen-bond acceptors (Lipinski definition) is 2. The third-order valence-corrected chi connectivity index (χ3v) is 1.48. The van der Waals surface area contributed by atoms with E-state index in [0.717, 1.165) is 18.3 Å². The molecular weight excluding hydrogens is 199 g/mol. The average molecular weight is 205 g/mol. The number of rotatable bonds is 2. The normalized spacial score (nSPS) is 11.4. The predicted molar refractivity (Wildman–Crippen MR) is 40.6 cm³/mol. The molecule has 3 nitrogen and oxygen atoms in total. The van der Waals surface area contributed by atoms with Gasteiger partial charge in [-0.05, 0) is 12.1 Å². The number of carbonyl (C=O) groups is 1. The maximum atomic E-state index is 12.1. The lowest BCUT2D eigenvalue weighted by Crippen LogP contribution is -2.08. The molecule has 0 saturated carbocycles. The number of nitrogens with zero attached hydrogens (tertiary/aromatic N) is 1. The fraction of sp³-hybridized carbons (Fsp3) is 0.250. The van der Waals surface area contributed by atoms with Crippen LogP contribution in [0.1, 0.15) is 11.3 Å². The number of carboxylic acid groups (broad SMARTS) is 1. The van der Waals surface area contributed by atoms with Crippen molar-refractivity contribution in [1.29, 1.82) is 0 Å². The molecule has 0 radical (unpaired) electrons. The minimum Gasteiger partial charge on any atom is -0.481 e. The smallest absolute Gasteiger partial charge is 0.416 e. The molecule has 1 rings (SSSR count). The second-order valence-corrected chi connectivity index (χ2v) is 2.60. The highest BCUT2D eigenvalue weighted by Gasteiger charge is 2.30. The van der Waals surface area contributed by atoms with Gasteiger partial charge >= 0.3 is 12.1 Å². The zero-order valence-electron chi connectivity index (χ0n) is 6.88. The number of carboxylic acids is 1. The molecule has 0 spiro atoms. The Morgan fingerprint density at radius 1 is 1.50 bits per heavy atom. The summed E-state index contributed by atoms with van der Waals surface area (Å²) in [5.74, 6) is -1.21. The predicted octanol–water partition coefficient (Wildman–Crippen LogP) is 1.73. The van der Waals surface area contributed by atoms with Crippen LogP contribution in [0.4, 0.5) is 13.2 Å². The molecular formula is C8H6F3NO2. The quantitative estimate of drug-likeness (QED) is 0.799. The van der Waals surface area contributed by atoms with Gasteiger partial charge in [-0.15, -0.1) is 0 Å². The lowest BCUT2D eigenvalue weighted by molar-refractivity contribution is -0.139. The van der Waals surface area contributed by atoms with Crippen molar-refractivity contribution in [2.75, 3.05) is 0 Å². The number of halogens is 3. The third-order valence-electron chi connectivity index (χ3n) is 1.48. The molecule has 14 heavy (non-hydrogen) atoms. The number of hydrogen-bond donors (Lipinski definition) is 1. The topological polar surface area (TPSA) is 50.2 Å². The average Bonchev–Trinajstić information content (AvgIpc) is 2.01. The molecule has 1 aromatic heterocycles. The summed E-state index contributed by atoms with van der Waals surface area (Å²) in [5, 5.41) is 8.34. The van der Waals surface area contributed by atoms with E-state index in [1.54, 1.807) is 0 Å². The van der Waals surface area contributed by atoms with Gasteiger partial charge in [0, 0.05) is 6.20 Å². The molecule has 1 N–H and O–H groups in total. The van der Waals surface area contributed by atoms with Gasteiger partial charge in [0.25, 0.3) is 0 Å². The molecule has 0 aliphatic carbocycles. The van der Waals surface area contributed by atoms with E-state index in [4.69, 9.17) is 5.11 Å². The van der Waals surface area contributed by atoms with Gasteiger partial charge in [0.1, 0.15) is 0 Å². The van der Waals surface area contributed by atoms with E-state index in [9.17, 15) is 18.0 Å². The summed E-state index contributed by atoms with van der Waals surface area (Å²) in [6.07, 6.45) is -4.03. The van der Waals surface area contributed by atoms with E-state index < -0.39 is 24.1 Å². The highest BCUT2D eigenvalue weighted by molar-refractivity contribution is 5.69. The van der Waals surface area contributed by atoms with Crippen molar-refractivity contribution in [1.82, 2.24) is 4.98 Å². The summed E-state index contributed by atoms with van der Waals surface area (Å²) in [6, 6.07) is 1.53. The van der Waals surface area contributed by atoms with Crippen LogP contribution in [0, 0.1) is 0 Å². The third kappa shape index (κ3) is 2.72. The Bertz CT molecular complexity index is 349. The minimum atomic E-state index is -4.46. The van der Waals surface area contributed by atoms with Gasteiger partial charge in [0.05, 0.1) is 17.7 Å². The summed E-state index contributed by atoms with van der Waals surface area (Å²) >= 11 is 0. The van der Waals surface area contributed by atoms with E-state index in [1.807, 2.05) is 0 Å². The first-order valence-corrected chi connectivity index (χ1v) is 3.63. The largest absolute Gasteiger partial charge is 0.481 e. The van der Waals surface area contributed by atoms with E-state index >= 15 is 0 Å². The monoisotopic (exact) mass is 205 g/mol. The van der Waals surface area contributed by atoms with E-state index in [-0.39, 0.29) is 5.69 Å². The van der Waals surface area contributed by atoms with Crippen LogP contribution < -0.4 is 0 Å². The van der Waals surface area contributed by atoms with Crippen LogP contribution in [0.5, 0.6) is 0 Å². The van der Waals surface area contributed by atoms with Gasteiger partial charge in [0.2, 0.25) is 0 Å². The molecule has 0 unspecified atom stereocenters. The van der Waals surface area contributed by atoms with Crippen LogP contribution in [0.25, 0.3) is 0 Å². The van der Waals surface area contributed by atoms with Gasteiger partial charge < -0.3 is 5.11 Å². The highest BCUT2D eigenvalue weighted by Crippen LogP contribution is 2.28. The van der Waals surface area contributed by atoms with Crippen LogP contribution in [0.2, 0.25) is 0 Å². The summed E-state index contributed by atoms with van der Waals surface area (Å²) in [5.41, 5.74) is -0.990. The SMILES string of the molecule is O=C(O)Cc1cc(C(F)(F)F)ccn1. The Labute approximate surface area is 77.2 Å². The Morgan fingerprint density at radius 3 is 2.64 bits per heavy atom. The molecule has 0 aliphatic heterocycles. The summed E-state index contributed by atoms with van der Waals surface area (Å²) in [4.78, 5) is 13.7. The fourth-order valence-electron chi connectivity index (χ4n) is 0.906. The highest BCUT2D eigenvalue weighted by atomic mass is 19.4. The first kappa shape index (κ1) is 10.5. The van der Waals surface area contributed by atoms with Crippen LogP contribution >= 0.6 is 0 Å². The van der Waals surface area contributed by atoms with Gasteiger partial charge in [-0.1, -0.05) is 0 Å². The molecule has 0 fully saturated rings. The molecule has 0 amide bonds. The molecule has 76 valence electrons. The first-order valence-electron chi connectivity index (χ1n) is 3.63.